The van der Waals surface area contributed by atoms with Crippen LogP contribution in [0.5, 0.6) is 17.2 Å². The number of fused-ring (bicyclic) bond motifs is 3. The second-order valence-electron chi connectivity index (χ2n) is 30.7. The number of methoxy groups -OCH3 is 1. The Balaban J connectivity index is 1.13. The number of ether oxygens (including phenoxy) is 4. The molecule has 1 saturated heterocycles. The van der Waals surface area contributed by atoms with E-state index in [9.17, 15) is 127 Å². The Bertz CT molecular complexity index is 4550. The normalized spacial score (nSPS) is 18.9. The highest BCUT2D eigenvalue weighted by Crippen LogP contribution is 2.53. The second-order valence-corrected chi connectivity index (χ2v) is 31.7. The van der Waals surface area contributed by atoms with E-state index in [-0.39, 0.29) is 65.8 Å². The number of carbonyl (C=O) groups excluding carboxylic acids is 15. The Morgan fingerprint density at radius 3 is 1.89 bits per heavy atom. The summed E-state index contributed by atoms with van der Waals surface area (Å²) in [5, 5.41) is 121. The van der Waals surface area contributed by atoms with Gasteiger partial charge in [0.1, 0.15) is 71.8 Å². The van der Waals surface area contributed by atoms with Gasteiger partial charge in [0.2, 0.25) is 64.9 Å². The van der Waals surface area contributed by atoms with Crippen LogP contribution in [0.2, 0.25) is 0 Å². The lowest BCUT2D eigenvalue weighted by Gasteiger charge is -2.43. The Morgan fingerprint density at radius 1 is 0.677 bits per heavy atom. The highest BCUT2D eigenvalue weighted by Gasteiger charge is 2.51. The molecule has 0 radical (unpaired) electrons. The largest absolute Gasteiger partial charge is 0.507 e. The van der Waals surface area contributed by atoms with E-state index in [1.807, 2.05) is 0 Å². The average Bonchev–Trinajstić information content (AvgIpc) is 0.709. The Morgan fingerprint density at radius 2 is 1.29 bits per heavy atom. The minimum atomic E-state index is -2.66. The third-order valence-electron chi connectivity index (χ3n) is 20.2. The van der Waals surface area contributed by atoms with Crippen molar-refractivity contribution in [3.05, 3.63) is 81.4 Å². The monoisotopic (exact) mass is 1760 g/mol. The van der Waals surface area contributed by atoms with Crippen molar-refractivity contribution >= 4 is 130 Å². The van der Waals surface area contributed by atoms with Gasteiger partial charge < -0.3 is 130 Å². The van der Waals surface area contributed by atoms with Gasteiger partial charge in [0.15, 0.2) is 29.6 Å². The highest BCUT2D eigenvalue weighted by molar-refractivity contribution is 8.00. The van der Waals surface area contributed by atoms with Crippen LogP contribution < -0.4 is 74.7 Å². The van der Waals surface area contributed by atoms with Crippen molar-refractivity contribution in [3.8, 4) is 17.2 Å². The predicted octanol–water partition coefficient (Wildman–Crippen LogP) is -2.58. The van der Waals surface area contributed by atoms with Crippen LogP contribution in [0.15, 0.2) is 42.5 Å². The number of Topliss-reactive ketones (excluding diaryl/α,β-unsaturated/α-hetero) is 2. The maximum absolute atomic E-state index is 14.6. The molecular formula is C79H106N14O30S. The molecule has 0 saturated carbocycles. The summed E-state index contributed by atoms with van der Waals surface area (Å²) in [6.45, 7) is 8.19. The van der Waals surface area contributed by atoms with Crippen molar-refractivity contribution < 1.29 is 146 Å². The number of nitrogens with one attached hydrogen (secondary N) is 12. The molecule has 3 aromatic carbocycles. The smallest absolute Gasteiger partial charge is 0.407 e. The summed E-state index contributed by atoms with van der Waals surface area (Å²) in [5.74, 6) is -23.4. The van der Waals surface area contributed by atoms with Gasteiger partial charge in [0.25, 0.3) is 0 Å². The molecule has 1 heterocycles. The number of carboxylic acid groups (broad SMARTS) is 3. The van der Waals surface area contributed by atoms with Gasteiger partial charge in [-0.15, -0.1) is 0 Å². The summed E-state index contributed by atoms with van der Waals surface area (Å²) in [4.78, 5) is 237. The molecule has 0 aromatic heterocycles. The third-order valence-corrected chi connectivity index (χ3v) is 21.2. The quantitative estimate of drug-likeness (QED) is 0.00935. The first-order chi connectivity index (χ1) is 58.3. The summed E-state index contributed by atoms with van der Waals surface area (Å²) < 4.78 is 23.3. The molecule has 3 aliphatic rings. The number of hydrogen-bond donors (Lipinski definition) is 22. The molecule has 1 fully saturated rings. The lowest BCUT2D eigenvalue weighted by Crippen LogP contribution is -2.59. The van der Waals surface area contributed by atoms with Crippen molar-refractivity contribution in [2.45, 2.75) is 211 Å². The number of alkyl carbamates (subject to hydrolysis) is 1. The topological polar surface area (TPSA) is 714 Å². The lowest BCUT2D eigenvalue weighted by molar-refractivity contribution is -0.249. The zero-order valence-electron chi connectivity index (χ0n) is 69.1. The molecule has 0 bridgehead atoms. The first kappa shape index (κ1) is 100. The summed E-state index contributed by atoms with van der Waals surface area (Å²) in [6, 6.07) is -2.31. The van der Waals surface area contributed by atoms with Crippen LogP contribution in [0, 0.1) is 23.2 Å². The van der Waals surface area contributed by atoms with Gasteiger partial charge in [-0.1, -0.05) is 52.0 Å². The van der Waals surface area contributed by atoms with Crippen molar-refractivity contribution in [2.24, 2.45) is 29.2 Å². The summed E-state index contributed by atoms with van der Waals surface area (Å²) >= 11 is 0.628. The van der Waals surface area contributed by atoms with Gasteiger partial charge in [-0.05, 0) is 74.6 Å². The maximum Gasteiger partial charge on any atom is 0.407 e. The van der Waals surface area contributed by atoms with E-state index in [0.29, 0.717) is 11.8 Å². The molecule has 24 N–H and O–H groups in total. The molecule has 1 aliphatic heterocycles. The zero-order chi connectivity index (χ0) is 92.5. The molecule has 124 heavy (non-hydrogen) atoms. The number of nitrogens with two attached hydrogens (primary N) is 2. The van der Waals surface area contributed by atoms with Crippen LogP contribution in [0.3, 0.4) is 0 Å². The summed E-state index contributed by atoms with van der Waals surface area (Å²) in [5.41, 5.74) is 5.77. The summed E-state index contributed by atoms with van der Waals surface area (Å²) in [6.07, 6.45) is -13.1. The number of benzene rings is 3. The number of aliphatic hydroxyl groups is 3. The van der Waals surface area contributed by atoms with E-state index in [2.05, 4.69) is 58.5 Å². The summed E-state index contributed by atoms with van der Waals surface area (Å²) in [7, 11) is 1.21. The van der Waals surface area contributed by atoms with Crippen LogP contribution >= 0.6 is 11.8 Å². The van der Waals surface area contributed by atoms with Gasteiger partial charge in [0.05, 0.1) is 85.8 Å². The molecule has 1 unspecified atom stereocenters. The Labute approximate surface area is 713 Å². The number of rotatable bonds is 47. The van der Waals surface area contributed by atoms with Gasteiger partial charge >= 0.3 is 24.0 Å². The number of amides is 11. The number of aromatic hydroxyl groups is 2. The van der Waals surface area contributed by atoms with Crippen LogP contribution in [0.4, 0.5) is 10.5 Å². The van der Waals surface area contributed by atoms with Crippen LogP contribution in [0.25, 0.3) is 0 Å². The van der Waals surface area contributed by atoms with Gasteiger partial charge in [0, 0.05) is 80.6 Å². The number of thioether (sulfide) groups is 1. The van der Waals surface area contributed by atoms with Crippen LogP contribution in [0.1, 0.15) is 174 Å². The van der Waals surface area contributed by atoms with E-state index >= 15 is 0 Å². The number of anilines is 1. The van der Waals surface area contributed by atoms with Crippen LogP contribution in [-0.4, -0.2) is 264 Å². The number of hydrogen-bond acceptors (Lipinski definition) is 29. The van der Waals surface area contributed by atoms with Gasteiger partial charge in [-0.25, -0.2) is 4.79 Å². The number of phenolic OH excluding ortho intramolecular Hbond substituents is 2. The third kappa shape index (κ3) is 28.6. The minimum absolute atomic E-state index is 0.0412. The lowest BCUT2D eigenvalue weighted by atomic mass is 9.72. The van der Waals surface area contributed by atoms with E-state index < -0.39 is 319 Å². The van der Waals surface area contributed by atoms with Crippen molar-refractivity contribution in [3.63, 3.8) is 0 Å². The number of carboxylic acids is 3. The maximum atomic E-state index is 14.6. The average molecular weight is 1760 g/mol. The van der Waals surface area contributed by atoms with Crippen molar-refractivity contribution in [1.29, 1.82) is 5.41 Å². The molecule has 678 valence electrons. The SMILES string of the molecule is COc1cccc2c1C(=O)c1c(O)c3c(c(O)c1C2=O)C[C@@](O)(C(=O)CSC[C@H](NC(=O)C(CO)CCC(=O)[C@H](CC(=O)O)NC(=O)CNC(=O)[C@H](CCCNC(=N)N)NC(C)=O)C(N)=O)C[C@@H]3O[C@H]1C[C@H](NC(=O)OCc2ccc(NC(=O)[C@H](CC(=O)O)NC(=O)[C@@H](NC(=O)[C@H](CCC(=O)O)NC(=O)[C@H](CC(C)C)NC(C)=O)C(C)C)cc2)[C@H](O)[C@H](C)O1. The minimum Gasteiger partial charge on any atom is -0.507 e. The number of primary amides is 1. The number of carbonyl (C=O) groups is 18. The molecule has 3 aromatic rings. The fourth-order valence-corrected chi connectivity index (χ4v) is 14.9. The molecular weight excluding hydrogens is 1660 g/mol. The molecule has 45 heteroatoms. The molecule has 14 atom stereocenters. The Kier molecular flexibility index (Phi) is 37.3. The number of aliphatic carboxylic acids is 3. The van der Waals surface area contributed by atoms with Crippen molar-refractivity contribution in [1.82, 2.24) is 53.2 Å². The molecule has 44 nitrogen and oxygen atoms in total. The molecule has 6 rings (SSSR count). The fraction of sp³-hybridized carbons (Fsp3) is 0.532. The van der Waals surface area contributed by atoms with E-state index in [0.717, 1.165) is 6.92 Å². The number of aliphatic hydroxyl groups excluding tert-OH is 2. The van der Waals surface area contributed by atoms with Gasteiger partial charge in [-0.2, -0.15) is 11.8 Å². The molecule has 2 aliphatic carbocycles. The zero-order valence-corrected chi connectivity index (χ0v) is 69.9. The standard InChI is InChI=1S/C79H106N14O30S/c1-34(2)23-48(86-38(7)96)75(116)89-45(19-21-56(100)101)73(114)93-64(35(3)4)76(117)90-49(25-58(104)105)74(115)87-41-17-14-39(15-18-41)31-121-78(118)92-47-26-59(122-36(5)65(47)106)123-53-28-79(119,27-43-61(53)69(110)63-62(67(43)108)66(107)42-11-9-13-52(120-8)60(42)68(63)109)54(98)33-124-32-50(70(80)111)91-71(112)40(30-94)16-20-51(97)46(24-57(102)103)88-55(99)29-84-72(113)44(85-37(6)95)12-10-22-83-77(81)82/h9,11,13-15,17-18,34-36,40,44-50,53,59,64-65,94,106,108,110,119H,10,12,16,19-33H2,1-8H3,(H2,80,111)(H,84,113)(H,85,95)(H,86,96)(H,87,115)(H,88,99)(H,89,116)(H,90,117)(H,91,112)(H,92,118)(H,93,114)(H,100,101)(H,102,103)(H,104,105)(H4,81,82,83)/t36-,40?,44-,45-,46-,47-,48-,49-,50-,53-,59-,64-,65+,79-/m0/s1. The number of guanidine groups is 1. The van der Waals surface area contributed by atoms with Gasteiger partial charge in [-0.3, -0.25) is 86.9 Å². The van der Waals surface area contributed by atoms with Crippen molar-refractivity contribution in [2.75, 3.05) is 43.6 Å². The first-order valence-electron chi connectivity index (χ1n) is 39.3. The van der Waals surface area contributed by atoms with E-state index in [1.54, 1.807) is 13.8 Å². The number of phenols is 2. The molecule has 0 spiro atoms. The second kappa shape index (κ2) is 46.1. The van der Waals surface area contributed by atoms with E-state index in [4.69, 9.17) is 35.8 Å². The van der Waals surface area contributed by atoms with E-state index in [1.165, 1.54) is 77.3 Å². The first-order valence-corrected chi connectivity index (χ1v) is 40.4. The molecule has 11 amide bonds. The predicted molar refractivity (Wildman–Crippen MR) is 433 cm³/mol. The Hall–Kier alpha value is -12.5. The van der Waals surface area contributed by atoms with Crippen LogP contribution in [-0.2, 0) is 99.2 Å². The fourth-order valence-electron chi connectivity index (χ4n) is 13.8. The highest BCUT2D eigenvalue weighted by atomic mass is 32.2. The number of ketones is 4.